The van der Waals surface area contributed by atoms with E-state index in [9.17, 15) is 18.7 Å². The van der Waals surface area contributed by atoms with Gasteiger partial charge in [0.05, 0.1) is 25.2 Å². The molecule has 4 rings (SSSR count). The average Bonchev–Trinajstić information content (AvgIpc) is 2.79. The quantitative estimate of drug-likeness (QED) is 0.558. The number of likely N-dealkylation sites (tertiary alicyclic amines) is 1. The minimum atomic E-state index is -0.810. The zero-order valence-corrected chi connectivity index (χ0v) is 17.0. The Morgan fingerprint density at radius 1 is 0.903 bits per heavy atom. The predicted molar refractivity (Wildman–Crippen MR) is 113 cm³/mol. The molecule has 0 aromatic heterocycles. The Balaban J connectivity index is 1.55. The molecule has 0 bridgehead atoms. The maximum atomic E-state index is 13.4. The van der Waals surface area contributed by atoms with Gasteiger partial charge in [0.1, 0.15) is 17.4 Å². The van der Waals surface area contributed by atoms with Gasteiger partial charge in [-0.3, -0.25) is 4.79 Å². The number of benzene rings is 3. The highest BCUT2D eigenvalue weighted by Crippen LogP contribution is 2.47. The first-order valence-corrected chi connectivity index (χ1v) is 10.1. The van der Waals surface area contributed by atoms with Crippen LogP contribution >= 0.6 is 0 Å². The molecule has 1 N–H and O–H groups in total. The fraction of sp³-hybridized carbons (Fsp3) is 0.240. The van der Waals surface area contributed by atoms with Crippen LogP contribution in [-0.2, 0) is 4.79 Å². The molecule has 31 heavy (non-hydrogen) atoms. The first-order valence-electron chi connectivity index (χ1n) is 10.1. The van der Waals surface area contributed by atoms with Crippen molar-refractivity contribution in [2.75, 3.05) is 13.7 Å². The van der Waals surface area contributed by atoms with Crippen LogP contribution in [0.5, 0.6) is 5.75 Å². The summed E-state index contributed by atoms with van der Waals surface area (Å²) in [6.45, 7) is 0.339. The number of aliphatic hydroxyl groups is 1. The zero-order valence-electron chi connectivity index (χ0n) is 17.0. The number of hydrogen-bond acceptors (Lipinski definition) is 3. The highest BCUT2D eigenvalue weighted by Gasteiger charge is 2.48. The summed E-state index contributed by atoms with van der Waals surface area (Å²) in [5, 5.41) is 10.5. The van der Waals surface area contributed by atoms with E-state index in [1.807, 2.05) is 24.3 Å². The molecule has 0 radical (unpaired) electrons. The molecule has 0 unspecified atom stereocenters. The van der Waals surface area contributed by atoms with Crippen molar-refractivity contribution in [1.29, 1.82) is 0 Å². The van der Waals surface area contributed by atoms with E-state index in [-0.39, 0.29) is 23.6 Å². The van der Waals surface area contributed by atoms with Crippen LogP contribution < -0.4 is 4.74 Å². The number of β-lactam (4-membered cyclic amide) rings is 1. The van der Waals surface area contributed by atoms with Gasteiger partial charge >= 0.3 is 0 Å². The fourth-order valence-electron chi connectivity index (χ4n) is 4.08. The molecule has 0 spiro atoms. The van der Waals surface area contributed by atoms with Crippen LogP contribution in [0.2, 0.25) is 0 Å². The second-order valence-electron chi connectivity index (χ2n) is 7.63. The van der Waals surface area contributed by atoms with E-state index in [1.165, 1.54) is 24.3 Å². The molecular weight excluding hydrogens is 400 g/mol. The molecule has 6 heteroatoms. The lowest BCUT2D eigenvalue weighted by molar-refractivity contribution is -0.151. The van der Waals surface area contributed by atoms with Gasteiger partial charge in [0, 0.05) is 6.54 Å². The SMILES string of the molecule is COc1ccc([C@@H]2[C@@H](c3ccc(F)cc3)C(=O)N2CC[C@H](O)c2ccc(F)cc2)cc1. The van der Waals surface area contributed by atoms with Crippen LogP contribution in [0.25, 0.3) is 0 Å². The lowest BCUT2D eigenvalue weighted by atomic mass is 9.77. The van der Waals surface area contributed by atoms with Gasteiger partial charge in [-0.1, -0.05) is 36.4 Å². The molecule has 0 saturated carbocycles. The van der Waals surface area contributed by atoms with E-state index < -0.39 is 12.0 Å². The van der Waals surface area contributed by atoms with Crippen molar-refractivity contribution in [2.45, 2.75) is 24.5 Å². The van der Waals surface area contributed by atoms with Crippen molar-refractivity contribution in [2.24, 2.45) is 0 Å². The Hall–Kier alpha value is -3.25. The Morgan fingerprint density at radius 2 is 1.45 bits per heavy atom. The maximum Gasteiger partial charge on any atom is 0.233 e. The Bertz CT molecular complexity index is 1040. The van der Waals surface area contributed by atoms with Crippen LogP contribution in [0.15, 0.2) is 72.8 Å². The molecule has 1 saturated heterocycles. The minimum absolute atomic E-state index is 0.0706. The van der Waals surface area contributed by atoms with E-state index in [4.69, 9.17) is 4.74 Å². The third-order valence-electron chi connectivity index (χ3n) is 5.79. The fourth-order valence-corrected chi connectivity index (χ4v) is 4.08. The number of amides is 1. The molecule has 3 aromatic carbocycles. The van der Waals surface area contributed by atoms with Gasteiger partial charge in [0.15, 0.2) is 0 Å². The van der Waals surface area contributed by atoms with Crippen molar-refractivity contribution >= 4 is 5.91 Å². The summed E-state index contributed by atoms with van der Waals surface area (Å²) >= 11 is 0. The first-order chi connectivity index (χ1) is 15.0. The number of ether oxygens (including phenoxy) is 1. The largest absolute Gasteiger partial charge is 0.497 e. The smallest absolute Gasteiger partial charge is 0.233 e. The Morgan fingerprint density at radius 3 is 2.03 bits per heavy atom. The second kappa shape index (κ2) is 8.86. The van der Waals surface area contributed by atoms with Crippen molar-refractivity contribution in [3.63, 3.8) is 0 Å². The summed E-state index contributed by atoms with van der Waals surface area (Å²) in [4.78, 5) is 14.7. The van der Waals surface area contributed by atoms with E-state index in [2.05, 4.69) is 0 Å². The second-order valence-corrected chi connectivity index (χ2v) is 7.63. The number of carbonyl (C=O) groups is 1. The predicted octanol–water partition coefficient (Wildman–Crippen LogP) is 4.76. The lowest BCUT2D eigenvalue weighted by Gasteiger charge is -2.48. The number of rotatable bonds is 7. The van der Waals surface area contributed by atoms with Crippen LogP contribution in [-0.4, -0.2) is 29.6 Å². The molecule has 1 fully saturated rings. The van der Waals surface area contributed by atoms with E-state index in [1.54, 1.807) is 36.3 Å². The number of aliphatic hydroxyl groups excluding tert-OH is 1. The lowest BCUT2D eigenvalue weighted by Crippen LogP contribution is -2.53. The number of methoxy groups -OCH3 is 1. The summed E-state index contributed by atoms with van der Waals surface area (Å²) in [5.41, 5.74) is 2.29. The molecule has 1 aliphatic heterocycles. The highest BCUT2D eigenvalue weighted by atomic mass is 19.1. The topological polar surface area (TPSA) is 49.8 Å². The van der Waals surface area contributed by atoms with Crippen molar-refractivity contribution in [3.8, 4) is 5.75 Å². The van der Waals surface area contributed by atoms with Gasteiger partial charge in [0.25, 0.3) is 0 Å². The van der Waals surface area contributed by atoms with E-state index >= 15 is 0 Å². The van der Waals surface area contributed by atoms with Gasteiger partial charge in [-0.05, 0) is 59.5 Å². The van der Waals surface area contributed by atoms with Crippen molar-refractivity contribution in [3.05, 3.63) is 101 Å². The summed E-state index contributed by atoms with van der Waals surface area (Å²) in [7, 11) is 1.59. The third kappa shape index (κ3) is 4.30. The monoisotopic (exact) mass is 423 g/mol. The third-order valence-corrected chi connectivity index (χ3v) is 5.79. The van der Waals surface area contributed by atoms with Crippen molar-refractivity contribution in [1.82, 2.24) is 4.90 Å². The number of nitrogens with zero attached hydrogens (tertiary/aromatic N) is 1. The van der Waals surface area contributed by atoms with E-state index in [0.29, 0.717) is 24.3 Å². The molecule has 1 amide bonds. The summed E-state index contributed by atoms with van der Waals surface area (Å²) < 4.78 is 31.7. The van der Waals surface area contributed by atoms with Gasteiger partial charge in [-0.25, -0.2) is 8.78 Å². The van der Waals surface area contributed by atoms with Gasteiger partial charge < -0.3 is 14.7 Å². The summed E-state index contributed by atoms with van der Waals surface area (Å²) in [6, 6.07) is 18.9. The number of carbonyl (C=O) groups excluding carboxylic acids is 1. The summed E-state index contributed by atoms with van der Waals surface area (Å²) in [5.74, 6) is -0.493. The molecule has 1 aliphatic rings. The molecule has 160 valence electrons. The Labute approximate surface area is 179 Å². The van der Waals surface area contributed by atoms with Crippen LogP contribution in [0.3, 0.4) is 0 Å². The molecular formula is C25H23F2NO3. The first kappa shape index (κ1) is 21.0. The van der Waals surface area contributed by atoms with Crippen LogP contribution in [0, 0.1) is 11.6 Å². The molecule has 1 heterocycles. The molecule has 3 aromatic rings. The normalized spacial score (nSPS) is 19.1. The minimum Gasteiger partial charge on any atom is -0.497 e. The number of halogens is 2. The standard InChI is InChI=1S/C25H23F2NO3/c1-31-21-12-6-18(7-13-21)24-23(17-4-10-20(27)11-5-17)25(30)28(24)15-14-22(29)16-2-8-19(26)9-3-16/h2-13,22-24,29H,14-15H2,1H3/t22-,23+,24+/m0/s1. The molecule has 0 aliphatic carbocycles. The Kier molecular flexibility index (Phi) is 6.00. The molecule has 4 nitrogen and oxygen atoms in total. The number of hydrogen-bond donors (Lipinski definition) is 1. The highest BCUT2D eigenvalue weighted by molar-refractivity contribution is 5.91. The van der Waals surface area contributed by atoms with E-state index in [0.717, 1.165) is 11.1 Å². The average molecular weight is 423 g/mol. The maximum absolute atomic E-state index is 13.4. The van der Waals surface area contributed by atoms with Gasteiger partial charge in [-0.15, -0.1) is 0 Å². The van der Waals surface area contributed by atoms with Gasteiger partial charge in [0.2, 0.25) is 5.91 Å². The van der Waals surface area contributed by atoms with Crippen LogP contribution in [0.1, 0.15) is 41.2 Å². The van der Waals surface area contributed by atoms with Gasteiger partial charge in [-0.2, -0.15) is 0 Å². The van der Waals surface area contributed by atoms with Crippen LogP contribution in [0.4, 0.5) is 8.78 Å². The zero-order chi connectivity index (χ0) is 22.0. The molecule has 3 atom stereocenters. The summed E-state index contributed by atoms with van der Waals surface area (Å²) in [6.07, 6.45) is -0.491. The van der Waals surface area contributed by atoms with Crippen molar-refractivity contribution < 1.29 is 23.4 Å².